The molecule has 0 saturated heterocycles. The van der Waals surface area contributed by atoms with Gasteiger partial charge in [-0.05, 0) is 54.6 Å². The van der Waals surface area contributed by atoms with E-state index in [2.05, 4.69) is 44.0 Å². The Bertz CT molecular complexity index is 1200. The molecule has 0 saturated carbocycles. The molecule has 0 aromatic heterocycles. The Hall–Kier alpha value is -3.43. The minimum absolute atomic E-state index is 0.146. The van der Waals surface area contributed by atoms with Crippen molar-refractivity contribution in [2.45, 2.75) is 44.0 Å². The van der Waals surface area contributed by atoms with E-state index in [0.29, 0.717) is 12.5 Å². The number of nitrogens with zero attached hydrogens (tertiary/aromatic N) is 2. The molecule has 0 amide bonds. The van der Waals surface area contributed by atoms with E-state index in [4.69, 9.17) is 11.2 Å². The van der Waals surface area contributed by atoms with Gasteiger partial charge in [-0.1, -0.05) is 56.2 Å². The van der Waals surface area contributed by atoms with Crippen molar-refractivity contribution in [2.24, 2.45) is 0 Å². The lowest BCUT2D eigenvalue weighted by molar-refractivity contribution is -0.140. The number of esters is 1. The van der Waals surface area contributed by atoms with Gasteiger partial charge in [0.1, 0.15) is 6.29 Å². The molecule has 182 valence electrons. The fraction of sp³-hybridized carbons (Fsp3) is 0.310. The topological polar surface area (TPSA) is 49.9 Å². The third-order valence-corrected chi connectivity index (χ3v) is 6.99. The highest BCUT2D eigenvalue weighted by molar-refractivity contribution is 8.00. The maximum atomic E-state index is 11.9. The van der Waals surface area contributed by atoms with Gasteiger partial charge in [0.05, 0.1) is 32.3 Å². The molecule has 1 atom stereocenters. The number of hydrogen-bond donors (Lipinski definition) is 0. The van der Waals surface area contributed by atoms with Crippen molar-refractivity contribution in [1.29, 1.82) is 0 Å². The van der Waals surface area contributed by atoms with Crippen LogP contribution in [0.4, 0.5) is 11.4 Å². The first-order valence-electron chi connectivity index (χ1n) is 11.7. The van der Waals surface area contributed by atoms with E-state index >= 15 is 0 Å². The second-order valence-electron chi connectivity index (χ2n) is 8.65. The van der Waals surface area contributed by atoms with Crippen LogP contribution in [0.25, 0.3) is 10.8 Å². The zero-order chi connectivity index (χ0) is 25.4. The largest absolute Gasteiger partial charge is 0.469 e. The second-order valence-corrected chi connectivity index (χ2v) is 9.75. The number of rotatable bonds is 11. The number of ether oxygens (including phenoxy) is 1. The quantitative estimate of drug-likeness (QED) is 0.141. The molecule has 0 aliphatic carbocycles. The van der Waals surface area contributed by atoms with Gasteiger partial charge in [0, 0.05) is 27.4 Å². The molecule has 0 radical (unpaired) electrons. The summed E-state index contributed by atoms with van der Waals surface area (Å²) < 4.78 is 6.87. The number of anilines is 2. The summed E-state index contributed by atoms with van der Waals surface area (Å²) in [5, 5.41) is 2.01. The molecule has 0 aliphatic rings. The van der Waals surface area contributed by atoms with E-state index in [1.54, 1.807) is 0 Å². The molecule has 35 heavy (non-hydrogen) atoms. The number of methoxy groups -OCH3 is 1. The number of terminal acetylenes is 1. The summed E-state index contributed by atoms with van der Waals surface area (Å²) in [7, 11) is 1.39. The number of hydrogen-bond acceptors (Lipinski definition) is 6. The number of fused-ring (bicyclic) bond motifs is 1. The van der Waals surface area contributed by atoms with Gasteiger partial charge in [-0.3, -0.25) is 4.79 Å². The Morgan fingerprint density at radius 3 is 2.23 bits per heavy atom. The normalized spacial score (nSPS) is 11.7. The molecular formula is C29H32N2O3S. The van der Waals surface area contributed by atoms with Crippen LogP contribution >= 0.6 is 11.9 Å². The van der Waals surface area contributed by atoms with Crippen LogP contribution in [0.1, 0.15) is 38.7 Å². The van der Waals surface area contributed by atoms with Crippen LogP contribution in [0.5, 0.6) is 0 Å². The molecule has 0 fully saturated rings. The zero-order valence-electron chi connectivity index (χ0n) is 20.7. The van der Waals surface area contributed by atoms with Crippen molar-refractivity contribution in [3.8, 4) is 12.3 Å². The van der Waals surface area contributed by atoms with Gasteiger partial charge in [0.15, 0.2) is 0 Å². The molecule has 1 unspecified atom stereocenters. The molecule has 0 heterocycles. The molecule has 3 aromatic rings. The first-order chi connectivity index (χ1) is 16.9. The maximum Gasteiger partial charge on any atom is 0.307 e. The van der Waals surface area contributed by atoms with Crippen LogP contribution in [0.2, 0.25) is 0 Å². The van der Waals surface area contributed by atoms with E-state index in [1.807, 2.05) is 52.5 Å². The summed E-state index contributed by atoms with van der Waals surface area (Å²) >= 11 is 1.54. The molecule has 5 nitrogen and oxygen atoms in total. The van der Waals surface area contributed by atoms with E-state index in [-0.39, 0.29) is 25.0 Å². The third-order valence-electron chi connectivity index (χ3n) is 5.94. The smallest absolute Gasteiger partial charge is 0.307 e. The van der Waals surface area contributed by atoms with E-state index in [9.17, 15) is 9.59 Å². The highest BCUT2D eigenvalue weighted by Crippen LogP contribution is 2.39. The molecule has 6 heteroatoms. The lowest BCUT2D eigenvalue weighted by Crippen LogP contribution is -2.35. The van der Waals surface area contributed by atoms with Crippen molar-refractivity contribution in [3.05, 3.63) is 66.2 Å². The highest BCUT2D eigenvalue weighted by atomic mass is 32.2. The summed E-state index contributed by atoms with van der Waals surface area (Å²) in [6, 6.07) is 20.4. The van der Waals surface area contributed by atoms with Crippen molar-refractivity contribution in [1.82, 2.24) is 0 Å². The van der Waals surface area contributed by atoms with Crippen molar-refractivity contribution >= 4 is 46.4 Å². The van der Waals surface area contributed by atoms with Crippen LogP contribution in [0.15, 0.2) is 65.6 Å². The molecular weight excluding hydrogens is 456 g/mol. The van der Waals surface area contributed by atoms with Crippen LogP contribution in [0.3, 0.4) is 0 Å². The van der Waals surface area contributed by atoms with Gasteiger partial charge in [0.25, 0.3) is 0 Å². The third kappa shape index (κ3) is 6.37. The predicted molar refractivity (Wildman–Crippen MR) is 146 cm³/mol. The van der Waals surface area contributed by atoms with E-state index in [0.717, 1.165) is 33.3 Å². The van der Waals surface area contributed by atoms with Crippen molar-refractivity contribution < 1.29 is 14.3 Å². The molecule has 0 N–H and O–H groups in total. The first kappa shape index (κ1) is 26.2. The fourth-order valence-corrected chi connectivity index (χ4v) is 4.95. The van der Waals surface area contributed by atoms with Gasteiger partial charge in [0.2, 0.25) is 0 Å². The minimum Gasteiger partial charge on any atom is -0.469 e. The summed E-state index contributed by atoms with van der Waals surface area (Å²) in [4.78, 5) is 26.6. The Balaban J connectivity index is 2.02. The average Bonchev–Trinajstić information content (AvgIpc) is 2.86. The van der Waals surface area contributed by atoms with Crippen LogP contribution in [-0.4, -0.2) is 38.5 Å². The van der Waals surface area contributed by atoms with E-state index in [1.165, 1.54) is 24.6 Å². The molecule has 3 rings (SSSR count). The number of carbonyl (C=O) groups is 2. The number of benzene rings is 3. The van der Waals surface area contributed by atoms with Gasteiger partial charge < -0.3 is 18.7 Å². The van der Waals surface area contributed by atoms with Crippen molar-refractivity contribution in [2.75, 3.05) is 29.4 Å². The van der Waals surface area contributed by atoms with Crippen LogP contribution in [-0.2, 0) is 14.3 Å². The zero-order valence-corrected chi connectivity index (χ0v) is 21.5. The second kappa shape index (κ2) is 12.3. The maximum absolute atomic E-state index is 11.9. The minimum atomic E-state index is -0.280. The molecule has 0 spiro atoms. The SMILES string of the molecule is C#CCN(c1ccc(N(CC=O)Sc2ccc(C(C)C)cc2)c2ccccc12)C(C)CC(=O)OC. The molecule has 3 aromatic carbocycles. The Kier molecular flexibility index (Phi) is 9.22. The van der Waals surface area contributed by atoms with Gasteiger partial charge >= 0.3 is 5.97 Å². The van der Waals surface area contributed by atoms with Gasteiger partial charge in [-0.25, -0.2) is 0 Å². The monoisotopic (exact) mass is 488 g/mol. The number of aldehydes is 1. The number of carbonyl (C=O) groups excluding carboxylic acids is 2. The Morgan fingerprint density at radius 1 is 1.03 bits per heavy atom. The van der Waals surface area contributed by atoms with Crippen LogP contribution < -0.4 is 9.21 Å². The Morgan fingerprint density at radius 2 is 1.66 bits per heavy atom. The highest BCUT2D eigenvalue weighted by Gasteiger charge is 2.21. The lowest BCUT2D eigenvalue weighted by atomic mass is 10.0. The lowest BCUT2D eigenvalue weighted by Gasteiger charge is -2.31. The molecule has 0 bridgehead atoms. The summed E-state index contributed by atoms with van der Waals surface area (Å²) in [5.41, 5.74) is 3.16. The van der Waals surface area contributed by atoms with Gasteiger partial charge in [-0.2, -0.15) is 0 Å². The standard InChI is InChI=1S/C29H32N2O3S/c1-6-17-30(22(4)20-29(33)34-5)27-15-16-28(26-10-8-7-9-25(26)27)31(18-19-32)35-24-13-11-23(12-14-24)21(2)3/h1,7-16,19,21-22H,17-18,20H2,2-5H3. The van der Waals surface area contributed by atoms with Gasteiger partial charge in [-0.15, -0.1) is 6.42 Å². The predicted octanol–water partition coefficient (Wildman–Crippen LogP) is 6.07. The van der Waals surface area contributed by atoms with Crippen LogP contribution in [0, 0.1) is 12.3 Å². The average molecular weight is 489 g/mol. The summed E-state index contributed by atoms with van der Waals surface area (Å²) in [6.45, 7) is 6.91. The Labute approximate surface area is 212 Å². The summed E-state index contributed by atoms with van der Waals surface area (Å²) in [5.74, 6) is 2.90. The van der Waals surface area contributed by atoms with Crippen molar-refractivity contribution in [3.63, 3.8) is 0 Å². The first-order valence-corrected chi connectivity index (χ1v) is 12.4. The van der Waals surface area contributed by atoms with E-state index < -0.39 is 0 Å². The molecule has 0 aliphatic heterocycles. The summed E-state index contributed by atoms with van der Waals surface area (Å²) in [6.07, 6.45) is 6.83. The fourth-order valence-electron chi connectivity index (χ4n) is 4.04.